The summed E-state index contributed by atoms with van der Waals surface area (Å²) in [5.41, 5.74) is 6.09. The summed E-state index contributed by atoms with van der Waals surface area (Å²) in [5.74, 6) is 0.227. The van der Waals surface area contributed by atoms with Gasteiger partial charge in [0, 0.05) is 28.7 Å². The van der Waals surface area contributed by atoms with Crippen LogP contribution in [0.1, 0.15) is 56.3 Å². The zero-order valence-corrected chi connectivity index (χ0v) is 16.3. The van der Waals surface area contributed by atoms with Gasteiger partial charge in [0.15, 0.2) is 0 Å². The smallest absolute Gasteiger partial charge is 0.254 e. The van der Waals surface area contributed by atoms with Gasteiger partial charge in [-0.3, -0.25) is 9.59 Å². The van der Waals surface area contributed by atoms with Crippen LogP contribution in [0.5, 0.6) is 0 Å². The van der Waals surface area contributed by atoms with Crippen LogP contribution in [-0.4, -0.2) is 40.9 Å². The number of fused-ring (bicyclic) bond motifs is 1. The molecule has 3 atom stereocenters. The maximum Gasteiger partial charge on any atom is 0.254 e. The van der Waals surface area contributed by atoms with Crippen molar-refractivity contribution in [2.75, 3.05) is 6.54 Å². The van der Waals surface area contributed by atoms with Crippen LogP contribution >= 0.6 is 11.6 Å². The van der Waals surface area contributed by atoms with Gasteiger partial charge in [-0.2, -0.15) is 0 Å². The first-order chi connectivity index (χ1) is 12.3. The molecule has 5 nitrogen and oxygen atoms in total. The maximum absolute atomic E-state index is 13.2. The summed E-state index contributed by atoms with van der Waals surface area (Å²) in [6.07, 6.45) is 5.07. The molecule has 0 spiro atoms. The van der Waals surface area contributed by atoms with Crippen LogP contribution in [0.25, 0.3) is 0 Å². The summed E-state index contributed by atoms with van der Waals surface area (Å²) in [4.78, 5) is 27.9. The Morgan fingerprint density at radius 2 is 1.88 bits per heavy atom. The number of hydrogen-bond donors (Lipinski definition) is 2. The van der Waals surface area contributed by atoms with Gasteiger partial charge in [-0.1, -0.05) is 24.4 Å². The predicted octanol–water partition coefficient (Wildman–Crippen LogP) is 2.97. The van der Waals surface area contributed by atoms with Gasteiger partial charge in [0.05, 0.1) is 0 Å². The first kappa shape index (κ1) is 19.2. The first-order valence-corrected chi connectivity index (χ1v) is 9.79. The number of carbonyl (C=O) groups is 2. The second-order valence-electron chi connectivity index (χ2n) is 8.29. The summed E-state index contributed by atoms with van der Waals surface area (Å²) in [6, 6.07) is 6.63. The number of carbonyl (C=O) groups excluding carboxylic acids is 2. The molecule has 0 bridgehead atoms. The fourth-order valence-electron chi connectivity index (χ4n) is 4.16. The molecule has 1 aliphatic carbocycles. The van der Waals surface area contributed by atoms with Crippen LogP contribution in [0.3, 0.4) is 0 Å². The normalized spacial score (nSPS) is 25.7. The Balaban J connectivity index is 1.82. The van der Waals surface area contributed by atoms with E-state index >= 15 is 0 Å². The van der Waals surface area contributed by atoms with Crippen molar-refractivity contribution in [3.8, 4) is 0 Å². The average Bonchev–Trinajstić information content (AvgIpc) is 2.98. The van der Waals surface area contributed by atoms with Crippen molar-refractivity contribution < 1.29 is 9.59 Å². The number of amides is 2. The van der Waals surface area contributed by atoms with Gasteiger partial charge in [0.25, 0.3) is 5.91 Å². The quantitative estimate of drug-likeness (QED) is 0.846. The van der Waals surface area contributed by atoms with Crippen LogP contribution in [0.4, 0.5) is 0 Å². The predicted molar refractivity (Wildman–Crippen MR) is 103 cm³/mol. The third-order valence-corrected chi connectivity index (χ3v) is 5.69. The molecular formula is C20H28ClN3O2. The Bertz CT molecular complexity index is 669. The van der Waals surface area contributed by atoms with E-state index in [0.717, 1.165) is 25.7 Å². The van der Waals surface area contributed by atoms with Crippen molar-refractivity contribution in [1.29, 1.82) is 0 Å². The van der Waals surface area contributed by atoms with Crippen molar-refractivity contribution in [2.45, 2.75) is 63.6 Å². The summed E-state index contributed by atoms with van der Waals surface area (Å²) < 4.78 is 0. The number of hydrogen-bond acceptors (Lipinski definition) is 3. The molecule has 6 heteroatoms. The first-order valence-electron chi connectivity index (χ1n) is 9.41. The molecule has 1 saturated carbocycles. The van der Waals surface area contributed by atoms with Gasteiger partial charge < -0.3 is 16.0 Å². The van der Waals surface area contributed by atoms with Gasteiger partial charge in [0.2, 0.25) is 5.91 Å². The Morgan fingerprint density at radius 3 is 2.54 bits per heavy atom. The van der Waals surface area contributed by atoms with Crippen molar-refractivity contribution in [1.82, 2.24) is 10.2 Å². The summed E-state index contributed by atoms with van der Waals surface area (Å²) in [5, 5.41) is 3.54. The molecule has 2 fully saturated rings. The van der Waals surface area contributed by atoms with E-state index in [1.54, 1.807) is 24.3 Å². The Labute approximate surface area is 160 Å². The lowest BCUT2D eigenvalue weighted by Crippen LogP contribution is -2.53. The van der Waals surface area contributed by atoms with E-state index in [0.29, 0.717) is 23.0 Å². The standard InChI is InChI=1S/C20H28ClN3O2/c1-20(2,22)12-23-18(25)17-11-14-5-3-4-6-16(14)24(17)19(26)13-7-9-15(21)10-8-13/h7-10,14,16-17H,3-6,11-12,22H2,1-2H3,(H,23,25). The van der Waals surface area contributed by atoms with E-state index in [9.17, 15) is 9.59 Å². The Kier molecular flexibility index (Phi) is 5.58. The third-order valence-electron chi connectivity index (χ3n) is 5.43. The molecule has 3 unspecified atom stereocenters. The number of halogens is 1. The van der Waals surface area contributed by atoms with Gasteiger partial charge in [-0.25, -0.2) is 0 Å². The lowest BCUT2D eigenvalue weighted by molar-refractivity contribution is -0.125. The fourth-order valence-corrected chi connectivity index (χ4v) is 4.29. The number of rotatable bonds is 4. The average molecular weight is 378 g/mol. The molecule has 142 valence electrons. The highest BCUT2D eigenvalue weighted by atomic mass is 35.5. The molecule has 1 aliphatic heterocycles. The highest BCUT2D eigenvalue weighted by Crippen LogP contribution is 2.40. The van der Waals surface area contributed by atoms with E-state index in [4.69, 9.17) is 17.3 Å². The van der Waals surface area contributed by atoms with E-state index < -0.39 is 11.6 Å². The molecule has 0 radical (unpaired) electrons. The van der Waals surface area contributed by atoms with Gasteiger partial charge in [-0.05, 0) is 63.3 Å². The Morgan fingerprint density at radius 1 is 1.23 bits per heavy atom. The molecule has 3 N–H and O–H groups in total. The monoisotopic (exact) mass is 377 g/mol. The molecule has 2 aliphatic rings. The summed E-state index contributed by atoms with van der Waals surface area (Å²) in [6.45, 7) is 4.14. The van der Waals surface area contributed by atoms with Crippen molar-refractivity contribution in [2.24, 2.45) is 11.7 Å². The number of benzene rings is 1. The highest BCUT2D eigenvalue weighted by molar-refractivity contribution is 6.30. The molecule has 2 amide bonds. The molecule has 1 aromatic carbocycles. The number of likely N-dealkylation sites (tertiary alicyclic amines) is 1. The molecule has 1 heterocycles. The highest BCUT2D eigenvalue weighted by Gasteiger charge is 2.47. The summed E-state index contributed by atoms with van der Waals surface area (Å²) >= 11 is 5.95. The lowest BCUT2D eigenvalue weighted by Gasteiger charge is -2.34. The topological polar surface area (TPSA) is 75.4 Å². The SMILES string of the molecule is CC(C)(N)CNC(=O)C1CC2CCCCC2N1C(=O)c1ccc(Cl)cc1. The zero-order chi connectivity index (χ0) is 18.9. The van der Waals surface area contributed by atoms with E-state index in [1.165, 1.54) is 6.42 Å². The number of nitrogens with zero attached hydrogens (tertiary/aromatic N) is 1. The van der Waals surface area contributed by atoms with Crippen LogP contribution < -0.4 is 11.1 Å². The van der Waals surface area contributed by atoms with E-state index in [2.05, 4.69) is 5.32 Å². The molecular weight excluding hydrogens is 350 g/mol. The molecule has 1 saturated heterocycles. The molecule has 3 rings (SSSR count). The second-order valence-corrected chi connectivity index (χ2v) is 8.73. The van der Waals surface area contributed by atoms with Crippen LogP contribution in [0, 0.1) is 5.92 Å². The van der Waals surface area contributed by atoms with Crippen LogP contribution in [0.2, 0.25) is 5.02 Å². The van der Waals surface area contributed by atoms with E-state index in [-0.39, 0.29) is 17.9 Å². The minimum absolute atomic E-state index is 0.0803. The van der Waals surface area contributed by atoms with Gasteiger partial charge in [-0.15, -0.1) is 0 Å². The van der Waals surface area contributed by atoms with Crippen LogP contribution in [0.15, 0.2) is 24.3 Å². The van der Waals surface area contributed by atoms with Crippen molar-refractivity contribution in [3.63, 3.8) is 0 Å². The minimum atomic E-state index is -0.480. The third kappa shape index (κ3) is 4.21. The number of nitrogens with one attached hydrogen (secondary N) is 1. The second kappa shape index (κ2) is 7.57. The van der Waals surface area contributed by atoms with Crippen molar-refractivity contribution in [3.05, 3.63) is 34.9 Å². The fraction of sp³-hybridized carbons (Fsp3) is 0.600. The lowest BCUT2D eigenvalue weighted by atomic mass is 9.84. The largest absolute Gasteiger partial charge is 0.352 e. The molecule has 0 aromatic heterocycles. The van der Waals surface area contributed by atoms with E-state index in [1.807, 2.05) is 18.7 Å². The molecule has 1 aromatic rings. The zero-order valence-electron chi connectivity index (χ0n) is 15.5. The maximum atomic E-state index is 13.2. The van der Waals surface area contributed by atoms with Gasteiger partial charge in [0.1, 0.15) is 6.04 Å². The van der Waals surface area contributed by atoms with Gasteiger partial charge >= 0.3 is 0 Å². The Hall–Kier alpha value is -1.59. The summed E-state index contributed by atoms with van der Waals surface area (Å²) in [7, 11) is 0. The minimum Gasteiger partial charge on any atom is -0.352 e. The number of nitrogens with two attached hydrogens (primary N) is 1. The molecule has 26 heavy (non-hydrogen) atoms. The van der Waals surface area contributed by atoms with Crippen LogP contribution in [-0.2, 0) is 4.79 Å². The van der Waals surface area contributed by atoms with Crippen molar-refractivity contribution >= 4 is 23.4 Å².